The van der Waals surface area contributed by atoms with Gasteiger partial charge in [-0.2, -0.15) is 0 Å². The number of benzene rings is 1. The lowest BCUT2D eigenvalue weighted by Crippen LogP contribution is -2.35. The van der Waals surface area contributed by atoms with E-state index in [0.717, 1.165) is 5.69 Å². The molecule has 0 atom stereocenters. The van der Waals surface area contributed by atoms with Crippen LogP contribution in [0.25, 0.3) is 0 Å². The number of likely N-dealkylation sites (N-methyl/N-ethyl adjacent to an activating group) is 2. The van der Waals surface area contributed by atoms with E-state index in [9.17, 15) is 4.79 Å². The molecular weight excluding hydrogens is 218 g/mol. The summed E-state index contributed by atoms with van der Waals surface area (Å²) in [7, 11) is 3.39. The van der Waals surface area contributed by atoms with Gasteiger partial charge >= 0.3 is 0 Å². The van der Waals surface area contributed by atoms with Gasteiger partial charge in [-0.25, -0.2) is 0 Å². The summed E-state index contributed by atoms with van der Waals surface area (Å²) in [5.41, 5.74) is 7.28. The van der Waals surface area contributed by atoms with Crippen molar-refractivity contribution >= 4 is 17.3 Å². The number of nitrogens with zero attached hydrogens (tertiary/aromatic N) is 1. The van der Waals surface area contributed by atoms with Gasteiger partial charge < -0.3 is 20.7 Å². The van der Waals surface area contributed by atoms with Crippen LogP contribution in [0.3, 0.4) is 0 Å². The van der Waals surface area contributed by atoms with Gasteiger partial charge in [-0.3, -0.25) is 4.79 Å². The number of amides is 1. The topological polar surface area (TPSA) is 67.6 Å². The average Bonchev–Trinajstić information content (AvgIpc) is 2.29. The maximum Gasteiger partial charge on any atom is 0.239 e. The third-order valence-electron chi connectivity index (χ3n) is 2.43. The monoisotopic (exact) mass is 237 g/mol. The number of anilines is 2. The molecule has 0 unspecified atom stereocenters. The van der Waals surface area contributed by atoms with Crippen LogP contribution in [0.5, 0.6) is 5.75 Å². The van der Waals surface area contributed by atoms with Crippen LogP contribution in [-0.2, 0) is 4.79 Å². The molecule has 0 heterocycles. The number of nitrogens with one attached hydrogen (secondary N) is 1. The first-order valence-electron chi connectivity index (χ1n) is 5.50. The molecule has 0 radical (unpaired) electrons. The minimum Gasteiger partial charge on any atom is -0.495 e. The Kier molecular flexibility index (Phi) is 4.63. The van der Waals surface area contributed by atoms with Gasteiger partial charge in [-0.15, -0.1) is 0 Å². The van der Waals surface area contributed by atoms with E-state index in [1.165, 1.54) is 0 Å². The number of methoxy groups -OCH3 is 1. The van der Waals surface area contributed by atoms with E-state index in [1.54, 1.807) is 18.1 Å². The van der Waals surface area contributed by atoms with E-state index in [2.05, 4.69) is 5.32 Å². The normalized spacial score (nSPS) is 9.82. The number of rotatable bonds is 5. The fraction of sp³-hybridized carbons (Fsp3) is 0.417. The first-order valence-corrected chi connectivity index (χ1v) is 5.50. The summed E-state index contributed by atoms with van der Waals surface area (Å²) in [6.07, 6.45) is 0. The highest BCUT2D eigenvalue weighted by Gasteiger charge is 2.11. The second kappa shape index (κ2) is 5.98. The maximum atomic E-state index is 11.5. The Bertz CT molecular complexity index is 393. The highest BCUT2D eigenvalue weighted by molar-refractivity contribution is 5.83. The molecule has 0 fully saturated rings. The lowest BCUT2D eigenvalue weighted by atomic mass is 10.2. The molecule has 0 saturated heterocycles. The molecule has 0 bridgehead atoms. The van der Waals surface area contributed by atoms with Gasteiger partial charge in [0.2, 0.25) is 5.91 Å². The van der Waals surface area contributed by atoms with E-state index < -0.39 is 0 Å². The standard InChI is InChI=1S/C12H19N3O2/c1-4-14-11(16)8-15(2)9-6-5-7-10(17-3)12(9)13/h5-7H,4,8,13H2,1-3H3,(H,14,16). The van der Waals surface area contributed by atoms with Gasteiger partial charge in [-0.05, 0) is 19.1 Å². The molecule has 0 aliphatic rings. The zero-order valence-corrected chi connectivity index (χ0v) is 10.5. The van der Waals surface area contributed by atoms with Crippen LogP contribution >= 0.6 is 0 Å². The minimum atomic E-state index is -0.0304. The Morgan fingerprint density at radius 1 is 1.53 bits per heavy atom. The average molecular weight is 237 g/mol. The summed E-state index contributed by atoms with van der Waals surface area (Å²) in [5, 5.41) is 2.74. The Morgan fingerprint density at radius 3 is 2.82 bits per heavy atom. The third-order valence-corrected chi connectivity index (χ3v) is 2.43. The largest absolute Gasteiger partial charge is 0.495 e. The molecule has 0 aliphatic heterocycles. The SMILES string of the molecule is CCNC(=O)CN(C)c1cccc(OC)c1N. The lowest BCUT2D eigenvalue weighted by molar-refractivity contribution is -0.119. The number of hydrogen-bond acceptors (Lipinski definition) is 4. The van der Waals surface area contributed by atoms with Crippen molar-refractivity contribution in [2.45, 2.75) is 6.92 Å². The Balaban J connectivity index is 2.81. The van der Waals surface area contributed by atoms with Gasteiger partial charge in [0, 0.05) is 13.6 Å². The Labute approximate surface area is 102 Å². The molecule has 17 heavy (non-hydrogen) atoms. The number of hydrogen-bond donors (Lipinski definition) is 2. The van der Waals surface area contributed by atoms with E-state index in [4.69, 9.17) is 10.5 Å². The van der Waals surface area contributed by atoms with E-state index in [-0.39, 0.29) is 12.5 Å². The third kappa shape index (κ3) is 3.27. The first kappa shape index (κ1) is 13.2. The van der Waals surface area contributed by atoms with Crippen LogP contribution in [-0.4, -0.2) is 33.2 Å². The second-order valence-electron chi connectivity index (χ2n) is 3.70. The van der Waals surface area contributed by atoms with Crippen molar-refractivity contribution in [2.24, 2.45) is 0 Å². The predicted molar refractivity (Wildman–Crippen MR) is 69.4 cm³/mol. The number of nitrogen functional groups attached to an aromatic ring is 1. The van der Waals surface area contributed by atoms with Crippen LogP contribution in [0.4, 0.5) is 11.4 Å². The van der Waals surface area contributed by atoms with Gasteiger partial charge in [0.15, 0.2) is 0 Å². The summed E-state index contributed by atoms with van der Waals surface area (Å²) in [5.74, 6) is 0.586. The molecule has 5 heteroatoms. The zero-order valence-electron chi connectivity index (χ0n) is 10.5. The van der Waals surface area contributed by atoms with Crippen LogP contribution in [0.15, 0.2) is 18.2 Å². The van der Waals surface area contributed by atoms with Crippen molar-refractivity contribution in [3.8, 4) is 5.75 Å². The van der Waals surface area contributed by atoms with Crippen LogP contribution in [0.2, 0.25) is 0 Å². The number of carbonyl (C=O) groups is 1. The summed E-state index contributed by atoms with van der Waals surface area (Å²) < 4.78 is 5.14. The van der Waals surface area contributed by atoms with Gasteiger partial charge in [-0.1, -0.05) is 6.07 Å². The summed E-state index contributed by atoms with van der Waals surface area (Å²) >= 11 is 0. The summed E-state index contributed by atoms with van der Waals surface area (Å²) in [4.78, 5) is 13.3. The molecule has 1 aromatic carbocycles. The van der Waals surface area contributed by atoms with Crippen molar-refractivity contribution in [2.75, 3.05) is 37.9 Å². The van der Waals surface area contributed by atoms with E-state index >= 15 is 0 Å². The van der Waals surface area contributed by atoms with Crippen LogP contribution in [0.1, 0.15) is 6.92 Å². The number of para-hydroxylation sites is 1. The molecule has 0 aromatic heterocycles. The smallest absolute Gasteiger partial charge is 0.239 e. The van der Waals surface area contributed by atoms with Gasteiger partial charge in [0.1, 0.15) is 5.75 Å². The molecule has 0 spiro atoms. The van der Waals surface area contributed by atoms with Crippen molar-refractivity contribution in [3.63, 3.8) is 0 Å². The van der Waals surface area contributed by atoms with E-state index in [1.807, 2.05) is 26.1 Å². The summed E-state index contributed by atoms with van der Waals surface area (Å²) in [6, 6.07) is 5.49. The van der Waals surface area contributed by atoms with Gasteiger partial charge in [0.05, 0.1) is 25.0 Å². The fourth-order valence-corrected chi connectivity index (χ4v) is 1.60. The first-order chi connectivity index (χ1) is 8.10. The molecule has 1 rings (SSSR count). The summed E-state index contributed by atoms with van der Waals surface area (Å²) in [6.45, 7) is 2.78. The van der Waals surface area contributed by atoms with Crippen LogP contribution in [0, 0.1) is 0 Å². The highest BCUT2D eigenvalue weighted by atomic mass is 16.5. The number of carbonyl (C=O) groups excluding carboxylic acids is 1. The molecular formula is C12H19N3O2. The molecule has 3 N–H and O–H groups in total. The molecule has 0 saturated carbocycles. The molecule has 5 nitrogen and oxygen atoms in total. The minimum absolute atomic E-state index is 0.0304. The zero-order chi connectivity index (χ0) is 12.8. The highest BCUT2D eigenvalue weighted by Crippen LogP contribution is 2.30. The molecule has 0 aliphatic carbocycles. The number of nitrogens with two attached hydrogens (primary N) is 1. The molecule has 1 amide bonds. The fourth-order valence-electron chi connectivity index (χ4n) is 1.60. The van der Waals surface area contributed by atoms with Crippen LogP contribution < -0.4 is 20.7 Å². The molecule has 94 valence electrons. The van der Waals surface area contributed by atoms with E-state index in [0.29, 0.717) is 18.0 Å². The Morgan fingerprint density at radius 2 is 2.24 bits per heavy atom. The number of ether oxygens (including phenoxy) is 1. The van der Waals surface area contributed by atoms with Gasteiger partial charge in [0.25, 0.3) is 0 Å². The maximum absolute atomic E-state index is 11.5. The molecule has 1 aromatic rings. The quantitative estimate of drug-likeness (QED) is 0.745. The van der Waals surface area contributed by atoms with Crippen molar-refractivity contribution in [1.82, 2.24) is 5.32 Å². The predicted octanol–water partition coefficient (Wildman–Crippen LogP) is 0.850. The van der Waals surface area contributed by atoms with Crippen molar-refractivity contribution in [1.29, 1.82) is 0 Å². The lowest BCUT2D eigenvalue weighted by Gasteiger charge is -2.21. The second-order valence-corrected chi connectivity index (χ2v) is 3.70. The van der Waals surface area contributed by atoms with Crippen molar-refractivity contribution in [3.05, 3.63) is 18.2 Å². The Hall–Kier alpha value is -1.91. The van der Waals surface area contributed by atoms with Crippen molar-refractivity contribution < 1.29 is 9.53 Å².